The average Bonchev–Trinajstić information content (AvgIpc) is 3.17. The maximum Gasteiger partial charge on any atom is 0.451 e. The van der Waals surface area contributed by atoms with Crippen molar-refractivity contribution in [1.29, 1.82) is 0 Å². The van der Waals surface area contributed by atoms with E-state index in [-0.39, 0.29) is 23.1 Å². The van der Waals surface area contributed by atoms with Crippen LogP contribution in [0.3, 0.4) is 0 Å². The molecule has 1 saturated heterocycles. The number of nitrogens with zero attached hydrogens (tertiary/aromatic N) is 5. The van der Waals surface area contributed by atoms with Gasteiger partial charge < -0.3 is 10.1 Å². The lowest BCUT2D eigenvalue weighted by Crippen LogP contribution is -2.18. The van der Waals surface area contributed by atoms with E-state index in [1.165, 1.54) is 4.68 Å². The Morgan fingerprint density at radius 1 is 1.32 bits per heavy atom. The van der Waals surface area contributed by atoms with Gasteiger partial charge in [0.05, 0.1) is 12.6 Å². The number of halogens is 3. The molecule has 0 unspecified atom stereocenters. The van der Waals surface area contributed by atoms with E-state index in [9.17, 15) is 13.2 Å². The summed E-state index contributed by atoms with van der Waals surface area (Å²) in [5.74, 6) is -0.707. The molecule has 0 aromatic carbocycles. The normalized spacial score (nSPS) is 18.4. The SMILES string of the molecule is CC(C)CCNc1nc(C(F)(F)F)nc2c1nnn2C[C@H]1CCCO1. The Morgan fingerprint density at radius 2 is 2.12 bits per heavy atom. The van der Waals surface area contributed by atoms with Gasteiger partial charge in [-0.25, -0.2) is 14.6 Å². The summed E-state index contributed by atoms with van der Waals surface area (Å²) in [5, 5.41) is 10.9. The molecule has 1 aliphatic heterocycles. The summed E-state index contributed by atoms with van der Waals surface area (Å²) in [7, 11) is 0. The molecule has 0 radical (unpaired) electrons. The molecule has 3 rings (SSSR count). The van der Waals surface area contributed by atoms with E-state index in [0.717, 1.165) is 19.3 Å². The van der Waals surface area contributed by atoms with Gasteiger partial charge in [-0.15, -0.1) is 5.10 Å². The minimum absolute atomic E-state index is 0.0663. The number of hydrogen-bond donors (Lipinski definition) is 1. The van der Waals surface area contributed by atoms with Gasteiger partial charge in [0, 0.05) is 13.2 Å². The van der Waals surface area contributed by atoms with Crippen molar-refractivity contribution in [3.8, 4) is 0 Å². The van der Waals surface area contributed by atoms with Gasteiger partial charge in [0.2, 0.25) is 5.82 Å². The highest BCUT2D eigenvalue weighted by molar-refractivity contribution is 5.82. The maximum absolute atomic E-state index is 13.2. The number of fused-ring (bicyclic) bond motifs is 1. The molecule has 25 heavy (non-hydrogen) atoms. The Hall–Kier alpha value is -1.97. The van der Waals surface area contributed by atoms with E-state index in [2.05, 4.69) is 25.6 Å². The van der Waals surface area contributed by atoms with E-state index in [1.54, 1.807) is 0 Å². The molecular weight excluding hydrogens is 337 g/mol. The van der Waals surface area contributed by atoms with Gasteiger partial charge in [-0.2, -0.15) is 13.2 Å². The van der Waals surface area contributed by atoms with Crippen LogP contribution in [0.1, 0.15) is 38.9 Å². The van der Waals surface area contributed by atoms with Crippen molar-refractivity contribution in [1.82, 2.24) is 25.0 Å². The van der Waals surface area contributed by atoms with E-state index in [0.29, 0.717) is 25.6 Å². The second kappa shape index (κ2) is 7.11. The lowest BCUT2D eigenvalue weighted by molar-refractivity contribution is -0.144. The molecule has 1 aliphatic rings. The summed E-state index contributed by atoms with van der Waals surface area (Å²) in [5.41, 5.74) is 0.319. The maximum atomic E-state index is 13.2. The van der Waals surface area contributed by atoms with Crippen LogP contribution < -0.4 is 5.32 Å². The summed E-state index contributed by atoms with van der Waals surface area (Å²) in [6.07, 6.45) is -2.13. The van der Waals surface area contributed by atoms with Crippen molar-refractivity contribution in [2.24, 2.45) is 5.92 Å². The van der Waals surface area contributed by atoms with Crippen LogP contribution in [0.25, 0.3) is 11.2 Å². The minimum atomic E-state index is -4.64. The standard InChI is InChI=1S/C15H21F3N6O/c1-9(2)5-6-19-12-11-13(21-14(20-12)15(16,17)18)24(23-22-11)8-10-4-3-7-25-10/h9-10H,3-8H2,1-2H3,(H,19,20,21)/t10-/m1/s1. The first-order valence-electron chi connectivity index (χ1n) is 8.38. The Balaban J connectivity index is 1.94. The van der Waals surface area contributed by atoms with Crippen molar-refractivity contribution < 1.29 is 17.9 Å². The Labute approximate surface area is 143 Å². The molecule has 2 aromatic rings. The van der Waals surface area contributed by atoms with E-state index in [4.69, 9.17) is 4.74 Å². The Bertz CT molecular complexity index is 724. The van der Waals surface area contributed by atoms with Gasteiger partial charge in [-0.05, 0) is 25.2 Å². The van der Waals surface area contributed by atoms with Crippen molar-refractivity contribution in [3.05, 3.63) is 5.82 Å². The minimum Gasteiger partial charge on any atom is -0.376 e. The van der Waals surface area contributed by atoms with Gasteiger partial charge >= 0.3 is 6.18 Å². The third-order valence-electron chi connectivity index (χ3n) is 4.03. The van der Waals surface area contributed by atoms with Crippen molar-refractivity contribution in [2.75, 3.05) is 18.5 Å². The predicted octanol–water partition coefficient (Wildman–Crippen LogP) is 2.88. The average molecular weight is 358 g/mol. The number of anilines is 1. The smallest absolute Gasteiger partial charge is 0.376 e. The van der Waals surface area contributed by atoms with Crippen LogP contribution in [-0.4, -0.2) is 44.2 Å². The van der Waals surface area contributed by atoms with E-state index >= 15 is 0 Å². The summed E-state index contributed by atoms with van der Waals surface area (Å²) in [6, 6.07) is 0. The molecule has 138 valence electrons. The molecule has 0 amide bonds. The molecule has 0 bridgehead atoms. The summed E-state index contributed by atoms with van der Waals surface area (Å²) < 4.78 is 46.4. The molecule has 0 aliphatic carbocycles. The van der Waals surface area contributed by atoms with Crippen LogP contribution in [0, 0.1) is 5.92 Å². The first kappa shape index (κ1) is 17.8. The summed E-state index contributed by atoms with van der Waals surface area (Å²) in [4.78, 5) is 7.28. The number of hydrogen-bond acceptors (Lipinski definition) is 6. The first-order chi connectivity index (χ1) is 11.8. The fraction of sp³-hybridized carbons (Fsp3) is 0.733. The summed E-state index contributed by atoms with van der Waals surface area (Å²) in [6.45, 7) is 5.56. The molecule has 2 aromatic heterocycles. The summed E-state index contributed by atoms with van der Waals surface area (Å²) >= 11 is 0. The molecule has 1 N–H and O–H groups in total. The number of ether oxygens (including phenoxy) is 1. The Kier molecular flexibility index (Phi) is 5.07. The molecule has 10 heteroatoms. The molecule has 3 heterocycles. The zero-order valence-corrected chi connectivity index (χ0v) is 14.2. The third kappa shape index (κ3) is 4.17. The van der Waals surface area contributed by atoms with E-state index in [1.807, 2.05) is 13.8 Å². The molecule has 7 nitrogen and oxygen atoms in total. The zero-order valence-electron chi connectivity index (χ0n) is 14.2. The number of alkyl halides is 3. The van der Waals surface area contributed by atoms with Crippen LogP contribution in [0.15, 0.2) is 0 Å². The van der Waals surface area contributed by atoms with Crippen LogP contribution in [0.5, 0.6) is 0 Å². The molecule has 1 atom stereocenters. The fourth-order valence-electron chi connectivity index (χ4n) is 2.69. The highest BCUT2D eigenvalue weighted by Gasteiger charge is 2.36. The van der Waals surface area contributed by atoms with Gasteiger partial charge in [0.25, 0.3) is 0 Å². The van der Waals surface area contributed by atoms with Crippen LogP contribution in [0.2, 0.25) is 0 Å². The quantitative estimate of drug-likeness (QED) is 0.856. The lowest BCUT2D eigenvalue weighted by atomic mass is 10.1. The highest BCUT2D eigenvalue weighted by atomic mass is 19.4. The van der Waals surface area contributed by atoms with Crippen molar-refractivity contribution >= 4 is 17.0 Å². The highest BCUT2D eigenvalue weighted by Crippen LogP contribution is 2.30. The molecular formula is C15H21F3N6O. The number of nitrogens with one attached hydrogen (secondary N) is 1. The van der Waals surface area contributed by atoms with Crippen LogP contribution in [-0.2, 0) is 17.5 Å². The molecule has 0 spiro atoms. The van der Waals surface area contributed by atoms with Gasteiger partial charge in [0.1, 0.15) is 0 Å². The monoisotopic (exact) mass is 358 g/mol. The van der Waals surface area contributed by atoms with Gasteiger partial charge in [-0.1, -0.05) is 19.1 Å². The fourth-order valence-corrected chi connectivity index (χ4v) is 2.69. The third-order valence-corrected chi connectivity index (χ3v) is 4.03. The number of aromatic nitrogens is 5. The topological polar surface area (TPSA) is 77.8 Å². The molecule has 1 fully saturated rings. The second-order valence-electron chi connectivity index (χ2n) is 6.58. The van der Waals surface area contributed by atoms with Gasteiger partial charge in [-0.3, -0.25) is 0 Å². The van der Waals surface area contributed by atoms with Crippen LogP contribution >= 0.6 is 0 Å². The Morgan fingerprint density at radius 3 is 2.76 bits per heavy atom. The van der Waals surface area contributed by atoms with E-state index < -0.39 is 12.0 Å². The van der Waals surface area contributed by atoms with Gasteiger partial charge in [0.15, 0.2) is 17.0 Å². The number of rotatable bonds is 6. The largest absolute Gasteiger partial charge is 0.451 e. The van der Waals surface area contributed by atoms with Crippen molar-refractivity contribution in [2.45, 2.75) is 51.9 Å². The first-order valence-corrected chi connectivity index (χ1v) is 8.38. The van der Waals surface area contributed by atoms with Crippen molar-refractivity contribution in [3.63, 3.8) is 0 Å². The lowest BCUT2D eigenvalue weighted by Gasteiger charge is -2.12. The predicted molar refractivity (Wildman–Crippen MR) is 85.0 cm³/mol. The second-order valence-corrected chi connectivity index (χ2v) is 6.58. The zero-order chi connectivity index (χ0) is 18.0. The molecule has 0 saturated carbocycles. The van der Waals surface area contributed by atoms with Crippen LogP contribution in [0.4, 0.5) is 19.0 Å².